The first-order valence-corrected chi connectivity index (χ1v) is 8.36. The molecule has 2 N–H and O–H groups in total. The summed E-state index contributed by atoms with van der Waals surface area (Å²) in [6.45, 7) is 1.88. The maximum Gasteiger partial charge on any atom is 0.293 e. The molecule has 0 aliphatic carbocycles. The third-order valence-corrected chi connectivity index (χ3v) is 3.88. The van der Waals surface area contributed by atoms with Crippen molar-refractivity contribution in [3.63, 3.8) is 0 Å². The molecule has 3 aromatic rings. The highest BCUT2D eigenvalue weighted by Crippen LogP contribution is 2.31. The molecule has 1 aromatic heterocycles. The van der Waals surface area contributed by atoms with Crippen LogP contribution in [0.25, 0.3) is 11.0 Å². The van der Waals surface area contributed by atoms with E-state index in [2.05, 4.69) is 10.6 Å². The minimum absolute atomic E-state index is 0.0287. The number of rotatable bonds is 6. The Morgan fingerprint density at radius 3 is 2.44 bits per heavy atom. The number of fused-ring (bicyclic) bond motifs is 1. The summed E-state index contributed by atoms with van der Waals surface area (Å²) in [7, 11) is 0. The number of non-ortho nitro benzene ring substituents is 1. The monoisotopic (exact) mass is 367 g/mol. The first kappa shape index (κ1) is 18.1. The van der Waals surface area contributed by atoms with Gasteiger partial charge in [-0.15, -0.1) is 0 Å². The van der Waals surface area contributed by atoms with Crippen LogP contribution in [0.2, 0.25) is 0 Å². The third-order valence-electron chi connectivity index (χ3n) is 3.88. The van der Waals surface area contributed by atoms with Crippen molar-refractivity contribution in [3.05, 3.63) is 64.4 Å². The van der Waals surface area contributed by atoms with E-state index in [1.165, 1.54) is 24.3 Å². The van der Waals surface area contributed by atoms with Crippen LogP contribution < -0.4 is 10.6 Å². The lowest BCUT2D eigenvalue weighted by Crippen LogP contribution is -2.16. The highest BCUT2D eigenvalue weighted by atomic mass is 16.6. The van der Waals surface area contributed by atoms with Gasteiger partial charge in [-0.25, -0.2) is 0 Å². The Hall–Kier alpha value is -3.68. The largest absolute Gasteiger partial charge is 0.449 e. The van der Waals surface area contributed by atoms with Gasteiger partial charge in [0, 0.05) is 29.6 Å². The SMILES string of the molecule is CCCC(=O)Nc1c(C(=O)Nc2ccc([N+](=O)[O-])cc2)oc2ccccc12. The number of benzene rings is 2. The van der Waals surface area contributed by atoms with Gasteiger partial charge in [0.05, 0.1) is 4.92 Å². The summed E-state index contributed by atoms with van der Waals surface area (Å²) in [4.78, 5) is 34.9. The molecule has 0 saturated heterocycles. The van der Waals surface area contributed by atoms with E-state index in [9.17, 15) is 19.7 Å². The standard InChI is InChI=1S/C19H17N3O5/c1-2-5-16(23)21-17-14-6-3-4-7-15(14)27-18(17)19(24)20-12-8-10-13(11-9-12)22(25)26/h3-4,6-11H,2,5H2,1H3,(H,20,24)(H,21,23). The van der Waals surface area contributed by atoms with Crippen LogP contribution in [0.5, 0.6) is 0 Å². The number of carbonyl (C=O) groups is 2. The molecule has 0 atom stereocenters. The van der Waals surface area contributed by atoms with E-state index < -0.39 is 10.8 Å². The molecule has 8 nitrogen and oxygen atoms in total. The molecule has 0 aliphatic rings. The Morgan fingerprint density at radius 1 is 1.07 bits per heavy atom. The molecule has 138 valence electrons. The molecule has 8 heteroatoms. The topological polar surface area (TPSA) is 114 Å². The Bertz CT molecular complexity index is 1010. The normalized spacial score (nSPS) is 10.6. The van der Waals surface area contributed by atoms with Gasteiger partial charge in [0.1, 0.15) is 11.3 Å². The first-order valence-electron chi connectivity index (χ1n) is 8.36. The van der Waals surface area contributed by atoms with Gasteiger partial charge in [-0.3, -0.25) is 19.7 Å². The quantitative estimate of drug-likeness (QED) is 0.497. The molecule has 1 heterocycles. The van der Waals surface area contributed by atoms with Crippen molar-refractivity contribution < 1.29 is 18.9 Å². The van der Waals surface area contributed by atoms with Crippen LogP contribution in [0.4, 0.5) is 17.1 Å². The van der Waals surface area contributed by atoms with Crippen LogP contribution in [-0.2, 0) is 4.79 Å². The van der Waals surface area contributed by atoms with E-state index in [1.54, 1.807) is 24.3 Å². The molecule has 0 fully saturated rings. The van der Waals surface area contributed by atoms with Crippen molar-refractivity contribution in [1.29, 1.82) is 0 Å². The van der Waals surface area contributed by atoms with Crippen molar-refractivity contribution in [2.24, 2.45) is 0 Å². The number of hydrogen-bond acceptors (Lipinski definition) is 5. The molecule has 0 spiro atoms. The molecule has 0 unspecified atom stereocenters. The number of carbonyl (C=O) groups excluding carboxylic acids is 2. The smallest absolute Gasteiger partial charge is 0.293 e. The van der Waals surface area contributed by atoms with E-state index >= 15 is 0 Å². The van der Waals surface area contributed by atoms with Gasteiger partial charge in [0.2, 0.25) is 11.7 Å². The highest BCUT2D eigenvalue weighted by Gasteiger charge is 2.22. The van der Waals surface area contributed by atoms with E-state index in [-0.39, 0.29) is 17.4 Å². The Morgan fingerprint density at radius 2 is 1.78 bits per heavy atom. The lowest BCUT2D eigenvalue weighted by atomic mass is 10.2. The summed E-state index contributed by atoms with van der Waals surface area (Å²) in [6, 6.07) is 12.4. The van der Waals surface area contributed by atoms with E-state index in [4.69, 9.17) is 4.42 Å². The fourth-order valence-electron chi connectivity index (χ4n) is 2.61. The molecular weight excluding hydrogens is 350 g/mol. The summed E-state index contributed by atoms with van der Waals surface area (Å²) < 4.78 is 5.64. The second kappa shape index (κ2) is 7.69. The lowest BCUT2D eigenvalue weighted by Gasteiger charge is -2.07. The summed E-state index contributed by atoms with van der Waals surface area (Å²) >= 11 is 0. The van der Waals surface area contributed by atoms with Crippen LogP contribution in [0.3, 0.4) is 0 Å². The Balaban J connectivity index is 1.91. The number of amides is 2. The molecule has 2 aromatic carbocycles. The van der Waals surface area contributed by atoms with Gasteiger partial charge >= 0.3 is 0 Å². The molecule has 0 radical (unpaired) electrons. The number of anilines is 2. The average molecular weight is 367 g/mol. The Kier molecular flexibility index (Phi) is 5.16. The fraction of sp³-hybridized carbons (Fsp3) is 0.158. The first-order chi connectivity index (χ1) is 13.0. The van der Waals surface area contributed by atoms with Gasteiger partial charge in [-0.05, 0) is 30.7 Å². The maximum atomic E-state index is 12.7. The van der Waals surface area contributed by atoms with Gasteiger partial charge in [-0.1, -0.05) is 19.1 Å². The number of furan rings is 1. The van der Waals surface area contributed by atoms with Gasteiger partial charge in [0.15, 0.2) is 0 Å². The minimum Gasteiger partial charge on any atom is -0.449 e. The van der Waals surface area contributed by atoms with Crippen LogP contribution in [0, 0.1) is 10.1 Å². The predicted octanol–water partition coefficient (Wildman–Crippen LogP) is 4.33. The number of nitro groups is 1. The zero-order valence-electron chi connectivity index (χ0n) is 14.5. The number of nitrogens with zero attached hydrogens (tertiary/aromatic N) is 1. The Labute approximate surface area is 154 Å². The van der Waals surface area contributed by atoms with Gasteiger partial charge in [-0.2, -0.15) is 0 Å². The van der Waals surface area contributed by atoms with Crippen LogP contribution >= 0.6 is 0 Å². The van der Waals surface area contributed by atoms with Crippen LogP contribution in [0.1, 0.15) is 30.3 Å². The van der Waals surface area contributed by atoms with Gasteiger partial charge in [0.25, 0.3) is 11.6 Å². The molecule has 0 bridgehead atoms. The highest BCUT2D eigenvalue weighted by molar-refractivity contribution is 6.14. The summed E-state index contributed by atoms with van der Waals surface area (Å²) in [5.74, 6) is -0.806. The zero-order chi connectivity index (χ0) is 19.4. The molecule has 27 heavy (non-hydrogen) atoms. The summed E-state index contributed by atoms with van der Waals surface area (Å²) in [5.41, 5.74) is 1.07. The summed E-state index contributed by atoms with van der Waals surface area (Å²) in [6.07, 6.45) is 0.995. The number of para-hydroxylation sites is 1. The number of nitrogens with one attached hydrogen (secondary N) is 2. The van der Waals surface area contributed by atoms with Crippen molar-refractivity contribution in [3.8, 4) is 0 Å². The molecule has 3 rings (SSSR count). The predicted molar refractivity (Wildman–Crippen MR) is 101 cm³/mol. The van der Waals surface area contributed by atoms with Gasteiger partial charge < -0.3 is 15.1 Å². The summed E-state index contributed by atoms with van der Waals surface area (Å²) in [5, 5.41) is 16.7. The number of nitro benzene ring substituents is 1. The van der Waals surface area contributed by atoms with Crippen molar-refractivity contribution in [1.82, 2.24) is 0 Å². The van der Waals surface area contributed by atoms with Crippen LogP contribution in [-0.4, -0.2) is 16.7 Å². The van der Waals surface area contributed by atoms with Crippen molar-refractivity contribution in [2.75, 3.05) is 10.6 Å². The second-order valence-electron chi connectivity index (χ2n) is 5.86. The maximum absolute atomic E-state index is 12.7. The zero-order valence-corrected chi connectivity index (χ0v) is 14.5. The lowest BCUT2D eigenvalue weighted by molar-refractivity contribution is -0.384. The van der Waals surface area contributed by atoms with E-state index in [1.807, 2.05) is 6.92 Å². The third kappa shape index (κ3) is 3.95. The second-order valence-corrected chi connectivity index (χ2v) is 5.86. The fourth-order valence-corrected chi connectivity index (χ4v) is 2.61. The average Bonchev–Trinajstić information content (AvgIpc) is 3.01. The van der Waals surface area contributed by atoms with Crippen molar-refractivity contribution in [2.45, 2.75) is 19.8 Å². The molecular formula is C19H17N3O5. The van der Waals surface area contributed by atoms with E-state index in [0.29, 0.717) is 35.2 Å². The van der Waals surface area contributed by atoms with Crippen LogP contribution in [0.15, 0.2) is 52.9 Å². The number of hydrogen-bond donors (Lipinski definition) is 2. The minimum atomic E-state index is -0.563. The molecule has 2 amide bonds. The molecule has 0 aliphatic heterocycles. The van der Waals surface area contributed by atoms with E-state index in [0.717, 1.165) is 0 Å². The molecule has 0 saturated carbocycles. The van der Waals surface area contributed by atoms with Crippen molar-refractivity contribution >= 4 is 39.8 Å².